The number of fused-ring (bicyclic) bond motifs is 1. The molecule has 3 heterocycles. The van der Waals surface area contributed by atoms with Gasteiger partial charge >= 0.3 is 0 Å². The molecule has 6 rings (SSSR count). The Labute approximate surface area is 247 Å². The summed E-state index contributed by atoms with van der Waals surface area (Å²) in [5, 5.41) is 9.14. The van der Waals surface area contributed by atoms with Gasteiger partial charge in [-0.3, -0.25) is 9.59 Å². The topological polar surface area (TPSA) is 100 Å². The highest BCUT2D eigenvalue weighted by Crippen LogP contribution is 2.23. The molecule has 0 unspecified atom stereocenters. The van der Waals surface area contributed by atoms with Gasteiger partial charge in [0.15, 0.2) is 0 Å². The molecule has 43 heavy (non-hydrogen) atoms. The SMILES string of the molecule is O=C(NC1CCC(NC(=O)c2cc(F)cnc2Nc2ccc(Cc3ccccc3)cc2)CC1)c1cn2cc(F)ccc2n1. The summed E-state index contributed by atoms with van der Waals surface area (Å²) in [5.41, 5.74) is 3.90. The summed E-state index contributed by atoms with van der Waals surface area (Å²) in [5.74, 6) is -1.49. The summed E-state index contributed by atoms with van der Waals surface area (Å²) in [4.78, 5) is 34.4. The summed E-state index contributed by atoms with van der Waals surface area (Å²) in [6.07, 6.45) is 7.24. The van der Waals surface area contributed by atoms with Gasteiger partial charge in [0.1, 0.15) is 28.8 Å². The molecule has 1 saturated carbocycles. The lowest BCUT2D eigenvalue weighted by Crippen LogP contribution is -2.44. The number of nitrogens with zero attached hydrogens (tertiary/aromatic N) is 3. The molecule has 8 nitrogen and oxygen atoms in total. The standard InChI is InChI=1S/C33H30F2N6O2/c34-23-8-15-30-40-29(20-41(30)19-23)33(43)39-27-13-11-26(12-14-27)38-32(42)28-17-24(35)18-36-31(28)37-25-9-6-22(7-10-25)16-21-4-2-1-3-5-21/h1-10,15,17-20,26-27H,11-14,16H2,(H,36,37)(H,38,42)(H,39,43). The highest BCUT2D eigenvalue weighted by molar-refractivity contribution is 5.99. The van der Waals surface area contributed by atoms with E-state index in [9.17, 15) is 18.4 Å². The number of pyridine rings is 2. The van der Waals surface area contributed by atoms with Gasteiger partial charge in [-0.05, 0) is 73.6 Å². The Hall–Kier alpha value is -5.12. The first-order chi connectivity index (χ1) is 20.9. The molecule has 0 spiro atoms. The van der Waals surface area contributed by atoms with Crippen molar-refractivity contribution >= 4 is 29.0 Å². The van der Waals surface area contributed by atoms with Crippen LogP contribution in [0.1, 0.15) is 57.7 Å². The lowest BCUT2D eigenvalue weighted by molar-refractivity contribution is 0.0889. The first kappa shape index (κ1) is 28.0. The van der Waals surface area contributed by atoms with Crippen LogP contribution in [0, 0.1) is 11.6 Å². The Balaban J connectivity index is 1.04. The molecule has 0 atom stereocenters. The predicted octanol–water partition coefficient (Wildman–Crippen LogP) is 5.81. The van der Waals surface area contributed by atoms with Gasteiger partial charge in [-0.1, -0.05) is 42.5 Å². The minimum Gasteiger partial charge on any atom is -0.349 e. The van der Waals surface area contributed by atoms with Crippen LogP contribution in [0.3, 0.4) is 0 Å². The van der Waals surface area contributed by atoms with Crippen LogP contribution in [0.15, 0.2) is 91.4 Å². The molecule has 3 aromatic heterocycles. The number of halogens is 2. The zero-order chi connectivity index (χ0) is 29.8. The summed E-state index contributed by atoms with van der Waals surface area (Å²) >= 11 is 0. The Kier molecular flexibility index (Phi) is 8.08. The number of imidazole rings is 1. The third-order valence-corrected chi connectivity index (χ3v) is 7.61. The number of rotatable bonds is 8. The zero-order valence-electron chi connectivity index (χ0n) is 23.3. The van der Waals surface area contributed by atoms with Crippen molar-refractivity contribution in [1.82, 2.24) is 25.0 Å². The molecule has 3 N–H and O–H groups in total. The normalized spacial score (nSPS) is 16.5. The number of carbonyl (C=O) groups is 2. The second-order valence-electron chi connectivity index (χ2n) is 10.8. The molecule has 0 radical (unpaired) electrons. The lowest BCUT2D eigenvalue weighted by atomic mass is 9.91. The van der Waals surface area contributed by atoms with Crippen LogP contribution in [0.2, 0.25) is 0 Å². The van der Waals surface area contributed by atoms with E-state index in [1.165, 1.54) is 40.6 Å². The molecular weight excluding hydrogens is 550 g/mol. The Bertz CT molecular complexity index is 1750. The van der Waals surface area contributed by atoms with Crippen molar-refractivity contribution in [2.24, 2.45) is 0 Å². The van der Waals surface area contributed by atoms with Gasteiger partial charge in [-0.2, -0.15) is 0 Å². The van der Waals surface area contributed by atoms with E-state index in [1.807, 2.05) is 42.5 Å². The number of amides is 2. The molecule has 10 heteroatoms. The van der Waals surface area contributed by atoms with Crippen molar-refractivity contribution in [3.8, 4) is 0 Å². The third kappa shape index (κ3) is 6.86. The van der Waals surface area contributed by atoms with E-state index < -0.39 is 17.5 Å². The van der Waals surface area contributed by atoms with Crippen LogP contribution < -0.4 is 16.0 Å². The summed E-state index contributed by atoms with van der Waals surface area (Å²) < 4.78 is 29.1. The van der Waals surface area contributed by atoms with E-state index >= 15 is 0 Å². The number of hydrogen-bond acceptors (Lipinski definition) is 5. The van der Waals surface area contributed by atoms with E-state index in [0.29, 0.717) is 31.3 Å². The highest BCUT2D eigenvalue weighted by atomic mass is 19.1. The van der Waals surface area contributed by atoms with E-state index in [-0.39, 0.29) is 35.1 Å². The molecule has 2 amide bonds. The molecule has 1 fully saturated rings. The van der Waals surface area contributed by atoms with Gasteiger partial charge in [0, 0.05) is 30.2 Å². The Morgan fingerprint density at radius 3 is 2.19 bits per heavy atom. The van der Waals surface area contributed by atoms with Crippen LogP contribution in [0.5, 0.6) is 0 Å². The predicted molar refractivity (Wildman–Crippen MR) is 159 cm³/mol. The number of carbonyl (C=O) groups excluding carboxylic acids is 2. The Morgan fingerprint density at radius 1 is 0.791 bits per heavy atom. The number of aromatic nitrogens is 3. The fourth-order valence-electron chi connectivity index (χ4n) is 5.36. The molecule has 0 saturated heterocycles. The maximum Gasteiger partial charge on any atom is 0.271 e. The molecule has 2 aromatic carbocycles. The van der Waals surface area contributed by atoms with E-state index in [2.05, 4.69) is 38.1 Å². The number of hydrogen-bond donors (Lipinski definition) is 3. The fourth-order valence-corrected chi connectivity index (χ4v) is 5.36. The third-order valence-electron chi connectivity index (χ3n) is 7.61. The van der Waals surface area contributed by atoms with Crippen LogP contribution in [-0.2, 0) is 6.42 Å². The molecule has 5 aromatic rings. The maximum atomic E-state index is 14.1. The minimum atomic E-state index is -0.602. The average Bonchev–Trinajstić information content (AvgIpc) is 3.44. The van der Waals surface area contributed by atoms with Crippen molar-refractivity contribution in [2.75, 3.05) is 5.32 Å². The quantitative estimate of drug-likeness (QED) is 0.215. The molecule has 0 aliphatic heterocycles. The van der Waals surface area contributed by atoms with Crippen molar-refractivity contribution in [3.63, 3.8) is 0 Å². The van der Waals surface area contributed by atoms with Gasteiger partial charge in [-0.15, -0.1) is 0 Å². The zero-order valence-corrected chi connectivity index (χ0v) is 23.3. The van der Waals surface area contributed by atoms with Gasteiger partial charge < -0.3 is 20.4 Å². The van der Waals surface area contributed by atoms with Crippen molar-refractivity contribution in [1.29, 1.82) is 0 Å². The van der Waals surface area contributed by atoms with Crippen molar-refractivity contribution in [2.45, 2.75) is 44.2 Å². The monoisotopic (exact) mass is 580 g/mol. The van der Waals surface area contributed by atoms with E-state index in [0.717, 1.165) is 23.9 Å². The van der Waals surface area contributed by atoms with Crippen LogP contribution in [0.25, 0.3) is 5.65 Å². The van der Waals surface area contributed by atoms with Gasteiger partial charge in [-0.25, -0.2) is 18.7 Å². The van der Waals surface area contributed by atoms with Crippen molar-refractivity contribution in [3.05, 3.63) is 125 Å². The number of benzene rings is 2. The summed E-state index contributed by atoms with van der Waals surface area (Å²) in [6.45, 7) is 0. The lowest BCUT2D eigenvalue weighted by Gasteiger charge is -2.29. The molecule has 1 aliphatic carbocycles. The van der Waals surface area contributed by atoms with Gasteiger partial charge in [0.25, 0.3) is 11.8 Å². The van der Waals surface area contributed by atoms with Crippen LogP contribution >= 0.6 is 0 Å². The number of nitrogens with one attached hydrogen (secondary N) is 3. The first-order valence-electron chi connectivity index (χ1n) is 14.2. The van der Waals surface area contributed by atoms with Crippen LogP contribution in [-0.4, -0.2) is 38.3 Å². The number of anilines is 2. The Morgan fingerprint density at radius 2 is 1.47 bits per heavy atom. The average molecular weight is 581 g/mol. The van der Waals surface area contributed by atoms with E-state index in [4.69, 9.17) is 0 Å². The van der Waals surface area contributed by atoms with Gasteiger partial charge in [0.2, 0.25) is 0 Å². The summed E-state index contributed by atoms with van der Waals surface area (Å²) in [6, 6.07) is 21.8. The molecule has 1 aliphatic rings. The first-order valence-corrected chi connectivity index (χ1v) is 14.2. The molecule has 0 bridgehead atoms. The molecular formula is C33H30F2N6O2. The second-order valence-corrected chi connectivity index (χ2v) is 10.8. The second kappa shape index (κ2) is 12.4. The minimum absolute atomic E-state index is 0.0832. The van der Waals surface area contributed by atoms with Crippen molar-refractivity contribution < 1.29 is 18.4 Å². The molecule has 218 valence electrons. The van der Waals surface area contributed by atoms with Gasteiger partial charge in [0.05, 0.1) is 11.8 Å². The highest BCUT2D eigenvalue weighted by Gasteiger charge is 2.26. The largest absolute Gasteiger partial charge is 0.349 e. The van der Waals surface area contributed by atoms with E-state index in [1.54, 1.807) is 0 Å². The maximum absolute atomic E-state index is 14.1. The fraction of sp³-hybridized carbons (Fsp3) is 0.212. The smallest absolute Gasteiger partial charge is 0.271 e. The van der Waals surface area contributed by atoms with Crippen LogP contribution in [0.4, 0.5) is 20.3 Å². The summed E-state index contributed by atoms with van der Waals surface area (Å²) in [7, 11) is 0.